The van der Waals surface area contributed by atoms with Gasteiger partial charge in [0.05, 0.1) is 16.5 Å². The number of hydrogen-bond acceptors (Lipinski definition) is 4. The van der Waals surface area contributed by atoms with Gasteiger partial charge in [-0.25, -0.2) is 0 Å². The van der Waals surface area contributed by atoms with Crippen molar-refractivity contribution in [1.29, 1.82) is 5.26 Å². The lowest BCUT2D eigenvalue weighted by Crippen LogP contribution is -2.29. The van der Waals surface area contributed by atoms with Crippen molar-refractivity contribution in [2.75, 3.05) is 11.4 Å². The number of Topliss-reactive ketones (excluding diaryl/α,β-unsaturated/α-hetero) is 1. The van der Waals surface area contributed by atoms with Crippen LogP contribution in [-0.4, -0.2) is 18.2 Å². The van der Waals surface area contributed by atoms with Crippen molar-refractivity contribution in [1.82, 2.24) is 0 Å². The number of benzene rings is 1. The maximum Gasteiger partial charge on any atom is 0.268 e. The first-order valence-corrected chi connectivity index (χ1v) is 7.36. The summed E-state index contributed by atoms with van der Waals surface area (Å²) < 4.78 is 0. The van der Waals surface area contributed by atoms with Gasteiger partial charge in [0.2, 0.25) is 0 Å². The average Bonchev–Trinajstić information content (AvgIpc) is 2.98. The highest BCUT2D eigenvalue weighted by atomic mass is 32.1. The van der Waals surface area contributed by atoms with Crippen LogP contribution in [0.15, 0.2) is 35.7 Å². The highest BCUT2D eigenvalue weighted by molar-refractivity contribution is 7.12. The summed E-state index contributed by atoms with van der Waals surface area (Å²) in [7, 11) is 0. The molecule has 5 heteroatoms. The van der Waals surface area contributed by atoms with E-state index in [1.54, 1.807) is 40.6 Å². The monoisotopic (exact) mass is 298 g/mol. The zero-order chi connectivity index (χ0) is 15.4. The Bertz CT molecular complexity index is 711. The molecule has 0 spiro atoms. The average molecular weight is 298 g/mol. The molecule has 0 saturated heterocycles. The largest absolute Gasteiger partial charge is 0.308 e. The van der Waals surface area contributed by atoms with Crippen molar-refractivity contribution in [2.24, 2.45) is 0 Å². The topological polar surface area (TPSA) is 61.2 Å². The van der Waals surface area contributed by atoms with Crippen molar-refractivity contribution >= 4 is 28.7 Å². The number of nitriles is 1. The third kappa shape index (κ3) is 3.18. The first-order chi connectivity index (χ1) is 10.1. The molecule has 2 rings (SSSR count). The van der Waals surface area contributed by atoms with Gasteiger partial charge in [-0.05, 0) is 44.2 Å². The Morgan fingerprint density at radius 3 is 2.43 bits per heavy atom. The van der Waals surface area contributed by atoms with E-state index in [2.05, 4.69) is 0 Å². The van der Waals surface area contributed by atoms with Crippen molar-refractivity contribution in [3.63, 3.8) is 0 Å². The van der Waals surface area contributed by atoms with Crippen molar-refractivity contribution in [3.05, 3.63) is 51.7 Å². The van der Waals surface area contributed by atoms with Crippen LogP contribution < -0.4 is 4.90 Å². The van der Waals surface area contributed by atoms with Crippen molar-refractivity contribution in [2.45, 2.75) is 13.8 Å². The maximum atomic E-state index is 12.5. The predicted molar refractivity (Wildman–Crippen MR) is 82.8 cm³/mol. The van der Waals surface area contributed by atoms with E-state index in [4.69, 9.17) is 5.26 Å². The summed E-state index contributed by atoms with van der Waals surface area (Å²) in [6, 6.07) is 10.5. The molecule has 0 saturated carbocycles. The molecule has 1 amide bonds. The summed E-state index contributed by atoms with van der Waals surface area (Å²) in [6.45, 7) is 3.88. The summed E-state index contributed by atoms with van der Waals surface area (Å²) in [6.07, 6.45) is 0. The van der Waals surface area contributed by atoms with Crippen LogP contribution in [0.25, 0.3) is 0 Å². The Labute approximate surface area is 127 Å². The number of nitrogens with zero attached hydrogens (tertiary/aromatic N) is 2. The number of carbonyl (C=O) groups is 2. The quantitative estimate of drug-likeness (QED) is 0.812. The molecule has 1 heterocycles. The number of thiophene rings is 1. The second-order valence-corrected chi connectivity index (χ2v) is 5.38. The molecule has 0 atom stereocenters. The molecule has 4 nitrogen and oxygen atoms in total. The smallest absolute Gasteiger partial charge is 0.268 e. The van der Waals surface area contributed by atoms with Crippen LogP contribution in [0.3, 0.4) is 0 Å². The molecule has 0 aliphatic heterocycles. The molecule has 0 bridgehead atoms. The zero-order valence-corrected chi connectivity index (χ0v) is 12.6. The third-order valence-electron chi connectivity index (χ3n) is 3.09. The lowest BCUT2D eigenvalue weighted by molar-refractivity contribution is 0.0992. The van der Waals surface area contributed by atoms with E-state index in [9.17, 15) is 9.59 Å². The SMILES string of the molecule is CCN(C(=O)c1cc(C(C)=O)cs1)c1ccc(C#N)cc1. The highest BCUT2D eigenvalue weighted by Gasteiger charge is 2.18. The normalized spacial score (nSPS) is 9.95. The summed E-state index contributed by atoms with van der Waals surface area (Å²) in [4.78, 5) is 26.0. The van der Waals surface area contributed by atoms with Gasteiger partial charge in [0.25, 0.3) is 5.91 Å². The number of amides is 1. The fourth-order valence-corrected chi connectivity index (χ4v) is 2.82. The van der Waals surface area contributed by atoms with Gasteiger partial charge >= 0.3 is 0 Å². The second kappa shape index (κ2) is 6.33. The molecule has 0 radical (unpaired) electrons. The van der Waals surface area contributed by atoms with E-state index in [1.165, 1.54) is 18.3 Å². The molecule has 0 aliphatic carbocycles. The van der Waals surface area contributed by atoms with Crippen LogP contribution in [0, 0.1) is 11.3 Å². The maximum absolute atomic E-state index is 12.5. The Morgan fingerprint density at radius 2 is 1.95 bits per heavy atom. The fraction of sp³-hybridized carbons (Fsp3) is 0.188. The van der Waals surface area contributed by atoms with Gasteiger partial charge in [-0.1, -0.05) is 0 Å². The number of carbonyl (C=O) groups excluding carboxylic acids is 2. The van der Waals surface area contributed by atoms with E-state index in [0.29, 0.717) is 22.5 Å². The van der Waals surface area contributed by atoms with E-state index in [0.717, 1.165) is 5.69 Å². The fourth-order valence-electron chi connectivity index (χ4n) is 1.93. The van der Waals surface area contributed by atoms with E-state index in [-0.39, 0.29) is 11.7 Å². The Balaban J connectivity index is 2.28. The third-order valence-corrected chi connectivity index (χ3v) is 4.00. The molecule has 1 aromatic heterocycles. The van der Waals surface area contributed by atoms with Crippen LogP contribution in [0.4, 0.5) is 5.69 Å². The van der Waals surface area contributed by atoms with Gasteiger partial charge in [-0.2, -0.15) is 5.26 Å². The first-order valence-electron chi connectivity index (χ1n) is 6.48. The lowest BCUT2D eigenvalue weighted by atomic mass is 10.2. The Morgan fingerprint density at radius 1 is 1.29 bits per heavy atom. The summed E-state index contributed by atoms with van der Waals surface area (Å²) >= 11 is 1.27. The van der Waals surface area contributed by atoms with Gasteiger partial charge in [0.1, 0.15) is 0 Å². The highest BCUT2D eigenvalue weighted by Crippen LogP contribution is 2.22. The minimum Gasteiger partial charge on any atom is -0.308 e. The first kappa shape index (κ1) is 14.9. The second-order valence-electron chi connectivity index (χ2n) is 4.46. The summed E-state index contributed by atoms with van der Waals surface area (Å²) in [5.41, 5.74) is 1.84. The van der Waals surface area contributed by atoms with Crippen LogP contribution in [0.2, 0.25) is 0 Å². The van der Waals surface area contributed by atoms with Crippen LogP contribution >= 0.6 is 11.3 Å². The minimum absolute atomic E-state index is 0.0493. The Kier molecular flexibility index (Phi) is 4.51. The summed E-state index contributed by atoms with van der Waals surface area (Å²) in [5.74, 6) is -0.188. The minimum atomic E-state index is -0.139. The molecule has 2 aromatic rings. The molecule has 0 N–H and O–H groups in total. The zero-order valence-electron chi connectivity index (χ0n) is 11.8. The van der Waals surface area contributed by atoms with Gasteiger partial charge in [-0.15, -0.1) is 11.3 Å². The number of anilines is 1. The van der Waals surface area contributed by atoms with Crippen molar-refractivity contribution < 1.29 is 9.59 Å². The molecule has 0 unspecified atom stereocenters. The van der Waals surface area contributed by atoms with E-state index < -0.39 is 0 Å². The molecule has 21 heavy (non-hydrogen) atoms. The molecular formula is C16H14N2O2S. The predicted octanol–water partition coefficient (Wildman–Crippen LogP) is 3.49. The van der Waals surface area contributed by atoms with Gasteiger partial charge < -0.3 is 4.90 Å². The van der Waals surface area contributed by atoms with Crippen molar-refractivity contribution in [3.8, 4) is 6.07 Å². The molecule has 1 aromatic carbocycles. The Hall–Kier alpha value is -2.45. The summed E-state index contributed by atoms with van der Waals surface area (Å²) in [5, 5.41) is 10.5. The van der Waals surface area contributed by atoms with Gasteiger partial charge in [0.15, 0.2) is 5.78 Å². The molecule has 0 fully saturated rings. The lowest BCUT2D eigenvalue weighted by Gasteiger charge is -2.20. The number of ketones is 1. The van der Waals surface area contributed by atoms with Crippen LogP contribution in [0.5, 0.6) is 0 Å². The van der Waals surface area contributed by atoms with E-state index >= 15 is 0 Å². The molecule has 106 valence electrons. The van der Waals surface area contributed by atoms with Gasteiger partial charge in [0, 0.05) is 23.2 Å². The van der Waals surface area contributed by atoms with Crippen LogP contribution in [-0.2, 0) is 0 Å². The number of rotatable bonds is 4. The van der Waals surface area contributed by atoms with E-state index in [1.807, 2.05) is 13.0 Å². The standard InChI is InChI=1S/C16H14N2O2S/c1-3-18(14-6-4-12(9-17)5-7-14)16(20)15-8-13(10-21-15)11(2)19/h4-8,10H,3H2,1-2H3. The molecule has 0 aliphatic rings. The molecular weight excluding hydrogens is 284 g/mol. The van der Waals surface area contributed by atoms with Gasteiger partial charge in [-0.3, -0.25) is 9.59 Å². The van der Waals surface area contributed by atoms with Crippen LogP contribution in [0.1, 0.15) is 39.4 Å². The number of hydrogen-bond donors (Lipinski definition) is 0.